The van der Waals surface area contributed by atoms with E-state index in [4.69, 9.17) is 10.2 Å². The third-order valence-corrected chi connectivity index (χ3v) is 25.9. The van der Waals surface area contributed by atoms with Gasteiger partial charge in [0.25, 0.3) is 0 Å². The summed E-state index contributed by atoms with van der Waals surface area (Å²) < 4.78 is 0. The zero-order chi connectivity index (χ0) is 66.8. The van der Waals surface area contributed by atoms with Gasteiger partial charge < -0.3 is 30.0 Å². The van der Waals surface area contributed by atoms with Crippen LogP contribution in [-0.4, -0.2) is 22.2 Å². The Bertz CT molecular complexity index is 3540. The fourth-order valence-corrected chi connectivity index (χ4v) is 20.8. The van der Waals surface area contributed by atoms with Gasteiger partial charge in [-0.2, -0.15) is 0 Å². The number of carbonyl (C=O) groups excluding carboxylic acids is 2. The second-order valence-corrected chi connectivity index (χ2v) is 31.5. The number of hydrogen-bond acceptors (Lipinski definition) is 6. The predicted octanol–water partition coefficient (Wildman–Crippen LogP) is 12.2. The summed E-state index contributed by atoms with van der Waals surface area (Å²) in [6.07, 6.45) is 0. The third kappa shape index (κ3) is 24.1. The monoisotopic (exact) mass is 1540 g/mol. The summed E-state index contributed by atoms with van der Waals surface area (Å²) in [5.74, 6) is -2.38. The molecule has 0 saturated heterocycles. The predicted molar refractivity (Wildman–Crippen MR) is 411 cm³/mol. The second-order valence-electron chi connectivity index (χ2n) is 21.6. The topological polar surface area (TPSA) is 121 Å². The minimum atomic E-state index is -1.24. The molecule has 98 heavy (non-hydrogen) atoms. The van der Waals surface area contributed by atoms with Crippen molar-refractivity contribution in [3.05, 3.63) is 424 Å². The summed E-state index contributed by atoms with van der Waals surface area (Å²) in [4.78, 5) is 20.2. The molecule has 0 aliphatic carbocycles. The van der Waals surface area contributed by atoms with Crippen molar-refractivity contribution in [2.24, 2.45) is 0 Å². The largest absolute Gasteiger partial charge is 1.00 e. The molecule has 14 rings (SSSR count). The number of phenolic OH excluding ortho intramolecular Hbond substituents is 2. The molecule has 0 fully saturated rings. The zero-order valence-corrected chi connectivity index (χ0v) is 60.4. The summed E-state index contributed by atoms with van der Waals surface area (Å²) in [6.45, 7) is 0. The normalized spacial score (nSPS) is 10.1. The van der Waals surface area contributed by atoms with Crippen LogP contribution in [0.1, 0.15) is 20.7 Å². The van der Waals surface area contributed by atoms with E-state index in [0.29, 0.717) is 0 Å². The Morgan fingerprint density at radius 1 is 0.184 bits per heavy atom. The maximum absolute atomic E-state index is 10.1. The molecule has 0 saturated carbocycles. The van der Waals surface area contributed by atoms with Gasteiger partial charge >= 0.3 is 44.8 Å². The maximum Gasteiger partial charge on any atom is 1.00 e. The maximum atomic E-state index is 10.1. The van der Waals surface area contributed by atoms with Gasteiger partial charge in [-0.05, 0) is 205 Å². The first-order valence-electron chi connectivity index (χ1n) is 31.3. The molecule has 14 aromatic rings. The number of aromatic hydroxyl groups is 2. The minimum absolute atomic E-state index is 0. The van der Waals surface area contributed by atoms with Crippen LogP contribution in [0.15, 0.2) is 413 Å². The van der Waals surface area contributed by atoms with E-state index in [1.807, 2.05) is 0 Å². The molecule has 12 heteroatoms. The van der Waals surface area contributed by atoms with Crippen molar-refractivity contribution in [2.75, 3.05) is 0 Å². The van der Waals surface area contributed by atoms with Crippen molar-refractivity contribution in [3.63, 3.8) is 0 Å². The average molecular weight is 1540 g/mol. The van der Waals surface area contributed by atoms with Crippen LogP contribution in [0.25, 0.3) is 0 Å². The van der Waals surface area contributed by atoms with Crippen molar-refractivity contribution in [1.29, 1.82) is 0 Å². The van der Waals surface area contributed by atoms with Crippen LogP contribution in [0.4, 0.5) is 0 Å². The molecular formula is C86H74Ag2O6P4+4. The Morgan fingerprint density at radius 2 is 0.286 bits per heavy atom. The molecule has 0 aromatic heterocycles. The number of carbonyl (C=O) groups is 2. The van der Waals surface area contributed by atoms with Crippen LogP contribution in [0.5, 0.6) is 11.5 Å². The van der Waals surface area contributed by atoms with Gasteiger partial charge in [-0.3, -0.25) is 0 Å². The molecule has 0 unspecified atom stereocenters. The number of phenols is 2. The van der Waals surface area contributed by atoms with E-state index in [9.17, 15) is 19.8 Å². The molecule has 492 valence electrons. The fraction of sp³-hybridized carbons (Fsp3) is 0. The van der Waals surface area contributed by atoms with Gasteiger partial charge in [-0.1, -0.05) is 218 Å². The average Bonchev–Trinajstić information content (AvgIpc) is 0.860. The van der Waals surface area contributed by atoms with E-state index in [1.165, 1.54) is 112 Å². The zero-order valence-electron chi connectivity index (χ0n) is 53.4. The van der Waals surface area contributed by atoms with E-state index >= 15 is 0 Å². The molecule has 0 heterocycles. The van der Waals surface area contributed by atoms with Crippen molar-refractivity contribution >= 4 is 107 Å². The molecule has 14 aromatic carbocycles. The summed E-state index contributed by atoms with van der Waals surface area (Å²) in [7, 11) is -3.51. The molecule has 6 nitrogen and oxygen atoms in total. The standard InChI is InChI=1S/4C18H15P.2C7H6O3.2Ag/c4*1-4-10-16(11-5-1)19(17-12-6-2-7-13-17)18-14-8-3-9-15-18;2*8-6-3-1-5(2-4-6)7(9)10;;/h4*1-15H;2*1-4,8H,(H,9,10);;/q;;;;;;2*+1/p+2. The number of aromatic carboxylic acids is 2. The number of benzene rings is 14. The van der Waals surface area contributed by atoms with Gasteiger partial charge in [0.2, 0.25) is 0 Å². The Kier molecular flexibility index (Phi) is 33.0. The Labute approximate surface area is 612 Å². The van der Waals surface area contributed by atoms with Gasteiger partial charge in [-0.15, -0.1) is 0 Å². The first-order valence-corrected chi connectivity index (χ1v) is 37.3. The van der Waals surface area contributed by atoms with Crippen molar-refractivity contribution in [1.82, 2.24) is 0 Å². The van der Waals surface area contributed by atoms with Crippen LogP contribution >= 0.6 is 31.7 Å². The smallest absolute Gasteiger partial charge is 0.545 e. The summed E-state index contributed by atoms with van der Waals surface area (Å²) >= 11 is 0. The first kappa shape index (κ1) is 76.2. The van der Waals surface area contributed by atoms with Crippen molar-refractivity contribution in [3.8, 4) is 11.5 Å². The number of rotatable bonds is 14. The molecule has 0 atom stereocenters. The molecule has 0 radical (unpaired) electrons. The Morgan fingerprint density at radius 3 is 0.378 bits per heavy atom. The van der Waals surface area contributed by atoms with E-state index in [-0.39, 0.29) is 67.4 Å². The van der Waals surface area contributed by atoms with E-state index in [1.54, 1.807) is 0 Å². The number of carboxylic acid groups (broad SMARTS) is 2. The van der Waals surface area contributed by atoms with Crippen molar-refractivity contribution in [2.45, 2.75) is 0 Å². The molecule has 0 amide bonds. The van der Waals surface area contributed by atoms with Gasteiger partial charge in [0, 0.05) is 0 Å². The molecule has 2 N–H and O–H groups in total. The molecule has 0 aliphatic rings. The third-order valence-electron chi connectivity index (χ3n) is 15.0. The van der Waals surface area contributed by atoms with Crippen LogP contribution in [0, 0.1) is 0 Å². The van der Waals surface area contributed by atoms with Gasteiger partial charge in [-0.25, -0.2) is 0 Å². The van der Waals surface area contributed by atoms with Crippen LogP contribution in [0.3, 0.4) is 0 Å². The number of carboxylic acids is 2. The second kappa shape index (κ2) is 42.5. The molecule has 0 spiro atoms. The molecular weight excluding hydrogens is 1470 g/mol. The Balaban J connectivity index is 0.000000168. The van der Waals surface area contributed by atoms with E-state index in [0.717, 1.165) is 0 Å². The summed E-state index contributed by atoms with van der Waals surface area (Å²) in [6, 6.07) is 140. The first-order chi connectivity index (χ1) is 47.2. The van der Waals surface area contributed by atoms with Gasteiger partial charge in [0.05, 0.1) is 43.6 Å². The number of hydrogen-bond donors (Lipinski definition) is 2. The van der Waals surface area contributed by atoms with Gasteiger partial charge in [0.15, 0.2) is 0 Å². The van der Waals surface area contributed by atoms with E-state index < -0.39 is 43.6 Å². The van der Waals surface area contributed by atoms with Crippen LogP contribution < -0.4 is 73.9 Å². The SMILES string of the molecule is O=C([O-])c1ccc(O)cc1.O=C([O-])c1ccc(O)cc1.[Ag+].[Ag+].c1ccc([PH+](c2ccccc2)c2ccccc2)cc1.c1ccc([PH+](c2ccccc2)c2ccccc2)cc1.c1ccc([PH+](c2ccccc2)c2ccccc2)cc1.c1ccc([PH+](c2ccccc2)c2ccccc2)cc1. The fourth-order valence-electron chi connectivity index (χ4n) is 10.5. The van der Waals surface area contributed by atoms with Crippen molar-refractivity contribution < 1.29 is 74.8 Å². The van der Waals surface area contributed by atoms with Crippen LogP contribution in [-0.2, 0) is 44.8 Å². The van der Waals surface area contributed by atoms with E-state index in [2.05, 4.69) is 364 Å². The minimum Gasteiger partial charge on any atom is -0.545 e. The summed E-state index contributed by atoms with van der Waals surface area (Å²) in [5, 5.41) is 54.9. The molecule has 0 aliphatic heterocycles. The Hall–Kier alpha value is -9.18. The molecule has 0 bridgehead atoms. The quantitative estimate of drug-likeness (QED) is 0.0826. The van der Waals surface area contributed by atoms with Crippen LogP contribution in [0.2, 0.25) is 0 Å². The van der Waals surface area contributed by atoms with Gasteiger partial charge in [0.1, 0.15) is 75.2 Å². The summed E-state index contributed by atoms with van der Waals surface area (Å²) in [5.41, 5.74) is 0.135.